The summed E-state index contributed by atoms with van der Waals surface area (Å²) in [6.07, 6.45) is 2.25. The van der Waals surface area contributed by atoms with E-state index in [0.717, 1.165) is 0 Å². The highest BCUT2D eigenvalue weighted by Crippen LogP contribution is 2.68. The molecule has 172 valence electrons. The second-order valence-corrected chi connectivity index (χ2v) is 10.9. The van der Waals surface area contributed by atoms with Crippen molar-refractivity contribution in [1.29, 1.82) is 0 Å². The van der Waals surface area contributed by atoms with Gasteiger partial charge in [-0.2, -0.15) is 0 Å². The first-order chi connectivity index (χ1) is 15.2. The lowest BCUT2D eigenvalue weighted by Gasteiger charge is -2.41. The smallest absolute Gasteiger partial charge is 0.308 e. The van der Waals surface area contributed by atoms with Crippen molar-refractivity contribution < 1.29 is 24.6 Å². The molecule has 3 saturated heterocycles. The van der Waals surface area contributed by atoms with Crippen LogP contribution in [0.1, 0.15) is 20.3 Å². The minimum atomic E-state index is -1.00. The Morgan fingerprint density at radius 3 is 2.62 bits per heavy atom. The molecule has 1 spiro atoms. The first kappa shape index (κ1) is 23.1. The van der Waals surface area contributed by atoms with Gasteiger partial charge in [0.05, 0.1) is 29.2 Å². The lowest BCUT2D eigenvalue weighted by atomic mass is 9.66. The number of rotatable bonds is 7. The molecule has 0 saturated carbocycles. The molecule has 1 aromatic carbocycles. The van der Waals surface area contributed by atoms with E-state index in [2.05, 4.69) is 6.58 Å². The van der Waals surface area contributed by atoms with Crippen LogP contribution in [-0.4, -0.2) is 68.1 Å². The minimum absolute atomic E-state index is 0.0253. The summed E-state index contributed by atoms with van der Waals surface area (Å²) in [5.41, 5.74) is 0.614. The molecule has 2 N–H and O–H groups in total. The van der Waals surface area contributed by atoms with E-state index in [1.165, 1.54) is 16.7 Å². The third kappa shape index (κ3) is 3.18. The van der Waals surface area contributed by atoms with Crippen LogP contribution in [0.3, 0.4) is 0 Å². The van der Waals surface area contributed by atoms with Crippen molar-refractivity contribution in [1.82, 2.24) is 4.90 Å². The van der Waals surface area contributed by atoms with Crippen molar-refractivity contribution in [2.24, 2.45) is 17.8 Å². The third-order valence-corrected chi connectivity index (χ3v) is 9.49. The Kier molecular flexibility index (Phi) is 6.07. The van der Waals surface area contributed by atoms with E-state index in [9.17, 15) is 24.6 Å². The Balaban J connectivity index is 1.84. The zero-order valence-corrected chi connectivity index (χ0v) is 19.6. The summed E-state index contributed by atoms with van der Waals surface area (Å²) in [6, 6.07) is 5.35. The molecule has 7 nitrogen and oxygen atoms in total. The molecule has 3 heterocycles. The zero-order valence-electron chi connectivity index (χ0n) is 18.0. The standard InChI is InChI=1S/C23H27ClN2O5S/c1-4-9-25(15-7-5-14(24)6-8-15)21(29)19-23-12(2)10-16(32-23)17(22(30)31)18(23)20(28)26(19)13(3)11-27/h4-8,12-13,16-19,27H,1,9-11H2,2-3H3,(H,30,31)/t12?,13-,16-,17+,18+,19?,23?/m1/s1. The highest BCUT2D eigenvalue weighted by atomic mass is 35.5. The molecule has 1 aromatic rings. The average molecular weight is 479 g/mol. The maximum Gasteiger partial charge on any atom is 0.308 e. The van der Waals surface area contributed by atoms with Crippen LogP contribution in [0.4, 0.5) is 5.69 Å². The Morgan fingerprint density at radius 2 is 2.06 bits per heavy atom. The number of anilines is 1. The van der Waals surface area contributed by atoms with Crippen molar-refractivity contribution in [3.63, 3.8) is 0 Å². The SMILES string of the molecule is C=CCN(C(=O)C1N([C@H](C)CO)C(=O)[C@@H]2[C@@H](C(=O)O)[C@H]3CC(C)C12S3)c1ccc(Cl)cc1. The second-order valence-electron chi connectivity index (χ2n) is 8.88. The van der Waals surface area contributed by atoms with E-state index in [0.29, 0.717) is 17.1 Å². The number of fused-ring (bicyclic) bond motifs is 1. The Morgan fingerprint density at radius 1 is 1.41 bits per heavy atom. The van der Waals surface area contributed by atoms with E-state index in [1.54, 1.807) is 42.2 Å². The van der Waals surface area contributed by atoms with Crippen molar-refractivity contribution in [2.45, 2.75) is 42.3 Å². The van der Waals surface area contributed by atoms with Crippen LogP contribution in [0, 0.1) is 17.8 Å². The fraction of sp³-hybridized carbons (Fsp3) is 0.522. The fourth-order valence-corrected chi connectivity index (χ4v) is 8.32. The number of carbonyl (C=O) groups is 3. The number of hydrogen-bond acceptors (Lipinski definition) is 5. The van der Waals surface area contributed by atoms with Gasteiger partial charge in [0.2, 0.25) is 5.91 Å². The number of aliphatic carboxylic acids is 1. The largest absolute Gasteiger partial charge is 0.481 e. The molecule has 3 unspecified atom stereocenters. The molecule has 3 aliphatic rings. The molecule has 4 rings (SSSR count). The van der Waals surface area contributed by atoms with Crippen LogP contribution in [0.5, 0.6) is 0 Å². The van der Waals surface area contributed by atoms with Crippen LogP contribution >= 0.6 is 23.4 Å². The van der Waals surface area contributed by atoms with Gasteiger partial charge in [-0.3, -0.25) is 14.4 Å². The monoisotopic (exact) mass is 478 g/mol. The quantitative estimate of drug-likeness (QED) is 0.585. The average Bonchev–Trinajstić information content (AvgIpc) is 3.35. The summed E-state index contributed by atoms with van der Waals surface area (Å²) >= 11 is 7.51. The second kappa shape index (κ2) is 8.39. The van der Waals surface area contributed by atoms with Gasteiger partial charge >= 0.3 is 5.97 Å². The summed E-state index contributed by atoms with van der Waals surface area (Å²) in [5, 5.41) is 20.2. The molecule has 7 atom stereocenters. The fourth-order valence-electron chi connectivity index (χ4n) is 5.80. The van der Waals surface area contributed by atoms with Crippen molar-refractivity contribution >= 4 is 46.8 Å². The molecule has 0 radical (unpaired) electrons. The number of aliphatic hydroxyl groups excluding tert-OH is 1. The number of hydrogen-bond donors (Lipinski definition) is 2. The van der Waals surface area contributed by atoms with Crippen LogP contribution in [0.25, 0.3) is 0 Å². The Hall–Kier alpha value is -2.03. The maximum absolute atomic E-state index is 14.2. The predicted molar refractivity (Wildman–Crippen MR) is 124 cm³/mol. The van der Waals surface area contributed by atoms with Crippen LogP contribution in [0.15, 0.2) is 36.9 Å². The number of benzene rings is 1. The first-order valence-corrected chi connectivity index (χ1v) is 12.0. The summed E-state index contributed by atoms with van der Waals surface area (Å²) < 4.78 is -0.850. The van der Waals surface area contributed by atoms with Crippen molar-refractivity contribution in [3.05, 3.63) is 41.9 Å². The van der Waals surface area contributed by atoms with E-state index in [4.69, 9.17) is 11.6 Å². The van der Waals surface area contributed by atoms with E-state index < -0.39 is 34.6 Å². The molecule has 2 amide bonds. The normalized spacial score (nSPS) is 33.8. The number of carbonyl (C=O) groups excluding carboxylic acids is 2. The molecule has 3 fully saturated rings. The van der Waals surface area contributed by atoms with Gasteiger partial charge in [-0.25, -0.2) is 0 Å². The topological polar surface area (TPSA) is 98.2 Å². The van der Waals surface area contributed by atoms with Crippen molar-refractivity contribution in [2.75, 3.05) is 18.1 Å². The molecular formula is C23H27ClN2O5S. The Labute approximate surface area is 196 Å². The van der Waals surface area contributed by atoms with Crippen LogP contribution in [-0.2, 0) is 14.4 Å². The summed E-state index contributed by atoms with van der Waals surface area (Å²) in [7, 11) is 0. The zero-order chi connectivity index (χ0) is 23.4. The van der Waals surface area contributed by atoms with Gasteiger partial charge in [-0.15, -0.1) is 18.3 Å². The van der Waals surface area contributed by atoms with Gasteiger partial charge in [0.1, 0.15) is 6.04 Å². The molecule has 0 aliphatic carbocycles. The lowest BCUT2D eigenvalue weighted by Crippen LogP contribution is -2.59. The number of nitrogens with zero attached hydrogens (tertiary/aromatic N) is 2. The number of halogens is 1. The molecule has 9 heteroatoms. The van der Waals surface area contributed by atoms with Gasteiger partial charge in [-0.05, 0) is 43.5 Å². The number of thioether (sulfide) groups is 1. The van der Waals surface area contributed by atoms with E-state index in [1.807, 2.05) is 6.92 Å². The van der Waals surface area contributed by atoms with Gasteiger partial charge in [-0.1, -0.05) is 24.6 Å². The predicted octanol–water partition coefficient (Wildman–Crippen LogP) is 2.66. The van der Waals surface area contributed by atoms with E-state index in [-0.39, 0.29) is 36.1 Å². The van der Waals surface area contributed by atoms with Gasteiger partial charge in [0, 0.05) is 22.5 Å². The molecule has 0 aromatic heterocycles. The number of carboxylic acids is 1. The molecular weight excluding hydrogens is 452 g/mol. The summed E-state index contributed by atoms with van der Waals surface area (Å²) in [6.45, 7) is 7.37. The number of aliphatic hydroxyl groups is 1. The Bertz CT molecular complexity index is 956. The van der Waals surface area contributed by atoms with Gasteiger partial charge < -0.3 is 20.0 Å². The summed E-state index contributed by atoms with van der Waals surface area (Å²) in [4.78, 5) is 42.9. The van der Waals surface area contributed by atoms with Gasteiger partial charge in [0.15, 0.2) is 0 Å². The maximum atomic E-state index is 14.2. The third-order valence-electron chi connectivity index (χ3n) is 7.16. The number of carboxylic acid groups (broad SMARTS) is 1. The minimum Gasteiger partial charge on any atom is -0.481 e. The van der Waals surface area contributed by atoms with Gasteiger partial charge in [0.25, 0.3) is 5.91 Å². The summed E-state index contributed by atoms with van der Waals surface area (Å²) in [5.74, 6) is -3.30. The number of likely N-dealkylation sites (tertiary alicyclic amines) is 1. The van der Waals surface area contributed by atoms with Crippen LogP contribution < -0.4 is 4.90 Å². The lowest BCUT2D eigenvalue weighted by molar-refractivity contribution is -0.149. The molecule has 3 aliphatic heterocycles. The molecule has 2 bridgehead atoms. The van der Waals surface area contributed by atoms with Crippen molar-refractivity contribution in [3.8, 4) is 0 Å². The highest BCUT2D eigenvalue weighted by molar-refractivity contribution is 8.02. The van der Waals surface area contributed by atoms with Crippen LogP contribution in [0.2, 0.25) is 5.02 Å². The number of amides is 2. The molecule has 32 heavy (non-hydrogen) atoms. The van der Waals surface area contributed by atoms with E-state index >= 15 is 0 Å². The first-order valence-electron chi connectivity index (χ1n) is 10.7. The highest BCUT2D eigenvalue weighted by Gasteiger charge is 2.76.